The Morgan fingerprint density at radius 1 is 1.50 bits per heavy atom. The van der Waals surface area contributed by atoms with E-state index in [2.05, 4.69) is 10.1 Å². The molecule has 0 aliphatic rings. The molecular weight excluding hydrogens is 230 g/mol. The van der Waals surface area contributed by atoms with Gasteiger partial charge in [-0.15, -0.1) is 0 Å². The Bertz CT molecular complexity index is 576. The van der Waals surface area contributed by atoms with Crippen LogP contribution in [0.3, 0.4) is 0 Å². The van der Waals surface area contributed by atoms with Gasteiger partial charge in [-0.05, 0) is 26.0 Å². The molecule has 0 saturated heterocycles. The van der Waals surface area contributed by atoms with Crippen molar-refractivity contribution in [2.75, 3.05) is 0 Å². The fourth-order valence-corrected chi connectivity index (χ4v) is 1.50. The lowest BCUT2D eigenvalue weighted by atomic mass is 10.2. The number of aromatic nitrogens is 3. The molecule has 2 aromatic rings. The summed E-state index contributed by atoms with van der Waals surface area (Å²) in [4.78, 5) is 4.24. The number of aryl methyl sites for hydroxylation is 2. The zero-order chi connectivity index (χ0) is 13.1. The molecule has 0 fully saturated rings. The molecule has 0 unspecified atom stereocenters. The van der Waals surface area contributed by atoms with Crippen molar-refractivity contribution in [2.24, 2.45) is 5.73 Å². The number of ether oxygens (including phenoxy) is 1. The molecule has 94 valence electrons. The van der Waals surface area contributed by atoms with E-state index in [0.717, 1.165) is 12.2 Å². The van der Waals surface area contributed by atoms with Gasteiger partial charge in [0.2, 0.25) is 5.88 Å². The van der Waals surface area contributed by atoms with Crippen LogP contribution in [0.15, 0.2) is 24.5 Å². The minimum Gasteiger partial charge on any atom is -0.435 e. The number of rotatable bonds is 4. The summed E-state index contributed by atoms with van der Waals surface area (Å²) in [7, 11) is 0. The Morgan fingerprint density at radius 3 is 2.89 bits per heavy atom. The van der Waals surface area contributed by atoms with Gasteiger partial charge in [0.1, 0.15) is 5.84 Å². The molecule has 6 heteroatoms. The van der Waals surface area contributed by atoms with Crippen LogP contribution in [0.4, 0.5) is 0 Å². The number of nitrogen functional groups attached to an aromatic ring is 1. The largest absolute Gasteiger partial charge is 0.435 e. The quantitative estimate of drug-likeness (QED) is 0.633. The summed E-state index contributed by atoms with van der Waals surface area (Å²) < 4.78 is 7.37. The first-order valence-corrected chi connectivity index (χ1v) is 5.62. The maximum atomic E-state index is 7.49. The van der Waals surface area contributed by atoms with Crippen molar-refractivity contribution in [1.82, 2.24) is 14.8 Å². The summed E-state index contributed by atoms with van der Waals surface area (Å²) in [5.74, 6) is 0.844. The first-order chi connectivity index (χ1) is 8.60. The molecule has 0 aromatic carbocycles. The predicted octanol–water partition coefficient (Wildman–Crippen LogP) is 1.68. The van der Waals surface area contributed by atoms with Gasteiger partial charge < -0.3 is 10.5 Å². The minimum atomic E-state index is -0.0691. The van der Waals surface area contributed by atoms with Crippen LogP contribution >= 0.6 is 0 Å². The van der Waals surface area contributed by atoms with Gasteiger partial charge in [-0.2, -0.15) is 5.10 Å². The number of pyridine rings is 1. The molecule has 0 bridgehead atoms. The second-order valence-corrected chi connectivity index (χ2v) is 3.85. The third-order valence-corrected chi connectivity index (χ3v) is 2.44. The average molecular weight is 245 g/mol. The molecular formula is C12H15N5O. The molecule has 3 N–H and O–H groups in total. The van der Waals surface area contributed by atoms with Crippen LogP contribution in [0.25, 0.3) is 0 Å². The van der Waals surface area contributed by atoms with E-state index >= 15 is 0 Å². The van der Waals surface area contributed by atoms with E-state index in [-0.39, 0.29) is 5.84 Å². The van der Waals surface area contributed by atoms with Gasteiger partial charge >= 0.3 is 0 Å². The molecule has 0 spiro atoms. The van der Waals surface area contributed by atoms with Crippen molar-refractivity contribution in [3.8, 4) is 11.6 Å². The molecule has 0 saturated carbocycles. The standard InChI is InChI=1S/C12H15N5O/c1-3-17-7-9(6-15-17)18-12-10(11(13)14)5-4-8(2)16-12/h4-7H,3H2,1-2H3,(H3,13,14). The highest BCUT2D eigenvalue weighted by Gasteiger charge is 2.10. The number of nitrogens with zero attached hydrogens (tertiary/aromatic N) is 3. The molecule has 2 rings (SSSR count). The number of hydrogen-bond donors (Lipinski definition) is 2. The highest BCUT2D eigenvalue weighted by Crippen LogP contribution is 2.22. The lowest BCUT2D eigenvalue weighted by Gasteiger charge is -2.08. The van der Waals surface area contributed by atoms with Gasteiger partial charge in [-0.3, -0.25) is 10.1 Å². The Labute approximate surface area is 105 Å². The summed E-state index contributed by atoms with van der Waals surface area (Å²) in [5.41, 5.74) is 6.77. The lowest BCUT2D eigenvalue weighted by molar-refractivity contribution is 0.459. The summed E-state index contributed by atoms with van der Waals surface area (Å²) in [5, 5.41) is 11.6. The molecule has 0 aliphatic carbocycles. The smallest absolute Gasteiger partial charge is 0.230 e. The van der Waals surface area contributed by atoms with Gasteiger partial charge in [0.05, 0.1) is 18.0 Å². The van der Waals surface area contributed by atoms with Gasteiger partial charge in [0.25, 0.3) is 0 Å². The van der Waals surface area contributed by atoms with Crippen LogP contribution in [-0.4, -0.2) is 20.6 Å². The van der Waals surface area contributed by atoms with Crippen molar-refractivity contribution < 1.29 is 4.74 Å². The third kappa shape index (κ3) is 2.48. The number of nitrogens with two attached hydrogens (primary N) is 1. The monoisotopic (exact) mass is 245 g/mol. The lowest BCUT2D eigenvalue weighted by Crippen LogP contribution is -2.13. The van der Waals surface area contributed by atoms with Crippen molar-refractivity contribution in [2.45, 2.75) is 20.4 Å². The van der Waals surface area contributed by atoms with E-state index in [4.69, 9.17) is 15.9 Å². The van der Waals surface area contributed by atoms with E-state index in [0.29, 0.717) is 17.2 Å². The average Bonchev–Trinajstić information content (AvgIpc) is 2.76. The van der Waals surface area contributed by atoms with Crippen LogP contribution < -0.4 is 10.5 Å². The van der Waals surface area contributed by atoms with Gasteiger partial charge in [-0.1, -0.05) is 0 Å². The van der Waals surface area contributed by atoms with Crippen molar-refractivity contribution in [3.63, 3.8) is 0 Å². The van der Waals surface area contributed by atoms with Crippen molar-refractivity contribution >= 4 is 5.84 Å². The van der Waals surface area contributed by atoms with Crippen LogP contribution in [0.1, 0.15) is 18.2 Å². The molecule has 2 heterocycles. The Balaban J connectivity index is 2.32. The molecule has 18 heavy (non-hydrogen) atoms. The Kier molecular flexibility index (Phi) is 3.27. The summed E-state index contributed by atoms with van der Waals surface area (Å²) in [6, 6.07) is 3.52. The van der Waals surface area contributed by atoms with Crippen LogP contribution in [0.2, 0.25) is 0 Å². The maximum Gasteiger partial charge on any atom is 0.230 e. The normalized spacial score (nSPS) is 10.3. The van der Waals surface area contributed by atoms with Crippen molar-refractivity contribution in [1.29, 1.82) is 5.41 Å². The fraction of sp³-hybridized carbons (Fsp3) is 0.250. The van der Waals surface area contributed by atoms with Gasteiger partial charge in [-0.25, -0.2) is 4.98 Å². The number of amidine groups is 1. The number of nitrogens with one attached hydrogen (secondary N) is 1. The molecule has 6 nitrogen and oxygen atoms in total. The topological polar surface area (TPSA) is 89.8 Å². The highest BCUT2D eigenvalue weighted by molar-refractivity contribution is 5.97. The molecule has 2 aromatic heterocycles. The van der Waals surface area contributed by atoms with Crippen LogP contribution in [-0.2, 0) is 6.54 Å². The summed E-state index contributed by atoms with van der Waals surface area (Å²) in [6.45, 7) is 4.61. The number of hydrogen-bond acceptors (Lipinski definition) is 4. The van der Waals surface area contributed by atoms with E-state index in [9.17, 15) is 0 Å². The van der Waals surface area contributed by atoms with Gasteiger partial charge in [0.15, 0.2) is 5.75 Å². The van der Waals surface area contributed by atoms with Crippen LogP contribution in [0.5, 0.6) is 11.6 Å². The predicted molar refractivity (Wildman–Crippen MR) is 68.0 cm³/mol. The zero-order valence-electron chi connectivity index (χ0n) is 10.3. The second-order valence-electron chi connectivity index (χ2n) is 3.85. The second kappa shape index (κ2) is 4.87. The summed E-state index contributed by atoms with van der Waals surface area (Å²) in [6.07, 6.45) is 3.38. The Hall–Kier alpha value is -2.37. The molecule has 0 radical (unpaired) electrons. The van der Waals surface area contributed by atoms with Crippen molar-refractivity contribution in [3.05, 3.63) is 35.8 Å². The molecule has 0 amide bonds. The molecule has 0 aliphatic heterocycles. The molecule has 0 atom stereocenters. The highest BCUT2D eigenvalue weighted by atomic mass is 16.5. The minimum absolute atomic E-state index is 0.0691. The SMILES string of the molecule is CCn1cc(Oc2nc(C)ccc2C(=N)N)cn1. The first-order valence-electron chi connectivity index (χ1n) is 5.62. The van der Waals surface area contributed by atoms with E-state index in [1.54, 1.807) is 29.2 Å². The maximum absolute atomic E-state index is 7.49. The first kappa shape index (κ1) is 12.1. The zero-order valence-corrected chi connectivity index (χ0v) is 10.3. The van der Waals surface area contributed by atoms with Gasteiger partial charge in [0, 0.05) is 12.2 Å². The van der Waals surface area contributed by atoms with Crippen LogP contribution in [0, 0.1) is 12.3 Å². The third-order valence-electron chi connectivity index (χ3n) is 2.44. The fourth-order valence-electron chi connectivity index (χ4n) is 1.50. The van der Waals surface area contributed by atoms with E-state index in [1.165, 1.54) is 0 Å². The summed E-state index contributed by atoms with van der Waals surface area (Å²) >= 11 is 0. The van der Waals surface area contributed by atoms with E-state index < -0.39 is 0 Å². The van der Waals surface area contributed by atoms with E-state index in [1.807, 2.05) is 13.8 Å². The Morgan fingerprint density at radius 2 is 2.28 bits per heavy atom.